The zero-order valence-corrected chi connectivity index (χ0v) is 24.4. The van der Waals surface area contributed by atoms with Crippen molar-refractivity contribution in [1.29, 1.82) is 0 Å². The molecule has 13 heteroatoms. The summed E-state index contributed by atoms with van der Waals surface area (Å²) in [5.74, 6) is -3.54. The van der Waals surface area contributed by atoms with Crippen LogP contribution in [0, 0.1) is 10.1 Å². The molecular formula is C32H26N4O8S. The van der Waals surface area contributed by atoms with E-state index in [0.717, 1.165) is 17.8 Å². The van der Waals surface area contributed by atoms with Crippen LogP contribution in [0.5, 0.6) is 5.75 Å². The van der Waals surface area contributed by atoms with Gasteiger partial charge in [0.05, 0.1) is 15.7 Å². The molecule has 4 aromatic rings. The van der Waals surface area contributed by atoms with E-state index < -0.39 is 39.6 Å². The van der Waals surface area contributed by atoms with E-state index in [4.69, 9.17) is 0 Å². The Hall–Kier alpha value is -5.95. The van der Waals surface area contributed by atoms with Gasteiger partial charge in [-0.15, -0.1) is 11.8 Å². The largest absolute Gasteiger partial charge is 0.507 e. The summed E-state index contributed by atoms with van der Waals surface area (Å²) in [5.41, 5.74) is 0.0494. The fourth-order valence-corrected chi connectivity index (χ4v) is 4.93. The Balaban J connectivity index is 1.51. The number of benzene rings is 4. The molecule has 0 aliphatic heterocycles. The summed E-state index contributed by atoms with van der Waals surface area (Å²) in [6.07, 6.45) is 1.22. The van der Waals surface area contributed by atoms with Gasteiger partial charge in [-0.05, 0) is 67.6 Å². The highest BCUT2D eigenvalue weighted by Crippen LogP contribution is 2.28. The molecule has 45 heavy (non-hydrogen) atoms. The number of hydrogen-bond donors (Lipinski definition) is 5. The molecule has 0 fully saturated rings. The van der Waals surface area contributed by atoms with Gasteiger partial charge in [-0.25, -0.2) is 4.79 Å². The summed E-state index contributed by atoms with van der Waals surface area (Å²) in [4.78, 5) is 62.0. The van der Waals surface area contributed by atoms with Crippen molar-refractivity contribution in [2.24, 2.45) is 0 Å². The Bertz CT molecular complexity index is 1810. The van der Waals surface area contributed by atoms with Gasteiger partial charge in [0.2, 0.25) is 5.91 Å². The molecule has 1 unspecified atom stereocenters. The maximum atomic E-state index is 13.4. The fourth-order valence-electron chi connectivity index (χ4n) is 4.01. The number of nitrogens with one attached hydrogen (secondary N) is 3. The van der Waals surface area contributed by atoms with Crippen LogP contribution in [0.25, 0.3) is 6.08 Å². The number of hydrogen-bond acceptors (Lipinski definition) is 8. The maximum Gasteiger partial charge on any atom is 0.339 e. The number of aromatic hydroxyl groups is 1. The number of anilines is 2. The van der Waals surface area contributed by atoms with Gasteiger partial charge in [0.25, 0.3) is 17.5 Å². The number of nitro groups is 1. The zero-order valence-electron chi connectivity index (χ0n) is 23.6. The number of nitro benzene ring substituents is 1. The average Bonchev–Trinajstić information content (AvgIpc) is 3.02. The van der Waals surface area contributed by atoms with Crippen molar-refractivity contribution in [3.05, 3.63) is 130 Å². The number of para-hydroxylation sites is 1. The normalized spacial score (nSPS) is 11.6. The molecular weight excluding hydrogens is 600 g/mol. The summed E-state index contributed by atoms with van der Waals surface area (Å²) in [5, 5.41) is 37.6. The van der Waals surface area contributed by atoms with Crippen molar-refractivity contribution in [3.8, 4) is 5.75 Å². The predicted molar refractivity (Wildman–Crippen MR) is 169 cm³/mol. The second-order valence-corrected chi connectivity index (χ2v) is 10.9. The first kappa shape index (κ1) is 32.0. The molecule has 0 aliphatic carbocycles. The van der Waals surface area contributed by atoms with Gasteiger partial charge >= 0.3 is 5.97 Å². The molecule has 0 saturated carbocycles. The lowest BCUT2D eigenvalue weighted by Crippen LogP contribution is -2.30. The van der Waals surface area contributed by atoms with E-state index in [1.54, 1.807) is 67.6 Å². The fraction of sp³-hybridized carbons (Fsp3) is 0.0625. The van der Waals surface area contributed by atoms with Crippen LogP contribution in [0.2, 0.25) is 0 Å². The minimum atomic E-state index is -1.34. The SMILES string of the molecule is CC(Sc1cccc(NC(=O)/C(=C\c2ccccc2[N+](=O)[O-])NC(=O)c2ccccc2)c1)C(=O)Nc1ccc(O)c(C(=O)O)c1. The van der Waals surface area contributed by atoms with Gasteiger partial charge in [-0.2, -0.15) is 0 Å². The van der Waals surface area contributed by atoms with E-state index >= 15 is 0 Å². The number of thioether (sulfide) groups is 1. The molecule has 12 nitrogen and oxygen atoms in total. The maximum absolute atomic E-state index is 13.4. The number of carbonyl (C=O) groups is 4. The molecule has 0 saturated heterocycles. The van der Waals surface area contributed by atoms with Crippen LogP contribution in [0.15, 0.2) is 108 Å². The van der Waals surface area contributed by atoms with Gasteiger partial charge in [0.15, 0.2) is 0 Å². The topological polar surface area (TPSA) is 188 Å². The standard InChI is InChI=1S/C32H26N4O8S/c1-19(29(38)33-23-14-15-28(37)25(18-23)32(41)42)45-24-12-7-11-22(17-24)34-31(40)26(35-30(39)20-8-3-2-4-9-20)16-21-10-5-6-13-27(21)36(43)44/h2-19,37H,1H3,(H,33,38)(H,34,40)(H,35,39)(H,41,42)/b26-16+. The molecule has 4 rings (SSSR count). The smallest absolute Gasteiger partial charge is 0.339 e. The third-order valence-electron chi connectivity index (χ3n) is 6.23. The molecule has 0 aliphatic rings. The number of nitrogens with zero attached hydrogens (tertiary/aromatic N) is 1. The van der Waals surface area contributed by atoms with Crippen molar-refractivity contribution >= 4 is 58.6 Å². The van der Waals surface area contributed by atoms with Crippen LogP contribution in [0.1, 0.15) is 33.2 Å². The van der Waals surface area contributed by atoms with Gasteiger partial charge in [-0.3, -0.25) is 24.5 Å². The van der Waals surface area contributed by atoms with E-state index in [0.29, 0.717) is 10.6 Å². The highest BCUT2D eigenvalue weighted by atomic mass is 32.2. The summed E-state index contributed by atoms with van der Waals surface area (Å²) in [7, 11) is 0. The quantitative estimate of drug-likeness (QED) is 0.0469. The lowest BCUT2D eigenvalue weighted by Gasteiger charge is -2.14. The first-order valence-corrected chi connectivity index (χ1v) is 14.2. The molecule has 1 atom stereocenters. The van der Waals surface area contributed by atoms with Crippen LogP contribution in [0.3, 0.4) is 0 Å². The molecule has 4 aromatic carbocycles. The number of carboxylic acids is 1. The highest BCUT2D eigenvalue weighted by Gasteiger charge is 2.20. The lowest BCUT2D eigenvalue weighted by molar-refractivity contribution is -0.385. The summed E-state index contributed by atoms with van der Waals surface area (Å²) in [6, 6.07) is 24.2. The number of rotatable bonds is 11. The van der Waals surface area contributed by atoms with Crippen LogP contribution < -0.4 is 16.0 Å². The van der Waals surface area contributed by atoms with Gasteiger partial charge in [-0.1, -0.05) is 36.4 Å². The number of carboxylic acid groups (broad SMARTS) is 1. The van der Waals surface area contributed by atoms with Crippen molar-refractivity contribution in [3.63, 3.8) is 0 Å². The second kappa shape index (κ2) is 14.5. The number of carbonyl (C=O) groups excluding carboxylic acids is 3. The van der Waals surface area contributed by atoms with E-state index in [1.165, 1.54) is 36.4 Å². The van der Waals surface area contributed by atoms with Crippen LogP contribution >= 0.6 is 11.8 Å². The Morgan fingerprint density at radius 2 is 1.56 bits per heavy atom. The van der Waals surface area contributed by atoms with Crippen molar-refractivity contribution < 1.29 is 34.3 Å². The zero-order chi connectivity index (χ0) is 32.5. The molecule has 0 bridgehead atoms. The van der Waals surface area contributed by atoms with Crippen LogP contribution in [0.4, 0.5) is 17.1 Å². The highest BCUT2D eigenvalue weighted by molar-refractivity contribution is 8.00. The Morgan fingerprint density at radius 1 is 0.867 bits per heavy atom. The summed E-state index contributed by atoms with van der Waals surface area (Å²) < 4.78 is 0. The number of aromatic carboxylic acids is 1. The number of phenols is 1. The minimum Gasteiger partial charge on any atom is -0.507 e. The molecule has 0 spiro atoms. The summed E-state index contributed by atoms with van der Waals surface area (Å²) in [6.45, 7) is 1.64. The van der Waals surface area contributed by atoms with Crippen LogP contribution in [-0.4, -0.2) is 44.1 Å². The molecule has 3 amide bonds. The Kier molecular flexibility index (Phi) is 10.3. The van der Waals surface area contributed by atoms with Crippen molar-refractivity contribution in [2.75, 3.05) is 10.6 Å². The second-order valence-electron chi connectivity index (χ2n) is 9.46. The van der Waals surface area contributed by atoms with E-state index in [-0.39, 0.29) is 33.8 Å². The third-order valence-corrected chi connectivity index (χ3v) is 7.32. The number of amides is 3. The molecule has 0 aromatic heterocycles. The van der Waals surface area contributed by atoms with Gasteiger partial charge < -0.3 is 26.2 Å². The monoisotopic (exact) mass is 626 g/mol. The minimum absolute atomic E-state index is 0.106. The first-order valence-electron chi connectivity index (χ1n) is 13.3. The lowest BCUT2D eigenvalue weighted by atomic mass is 10.1. The third kappa shape index (κ3) is 8.55. The molecule has 0 heterocycles. The molecule has 5 N–H and O–H groups in total. The summed E-state index contributed by atoms with van der Waals surface area (Å²) >= 11 is 1.16. The predicted octanol–water partition coefficient (Wildman–Crippen LogP) is 5.53. The first-order chi connectivity index (χ1) is 21.5. The van der Waals surface area contributed by atoms with Crippen molar-refractivity contribution in [1.82, 2.24) is 5.32 Å². The Labute approximate surface area is 260 Å². The molecule has 228 valence electrons. The van der Waals surface area contributed by atoms with E-state index in [1.807, 2.05) is 0 Å². The van der Waals surface area contributed by atoms with E-state index in [9.17, 15) is 39.5 Å². The van der Waals surface area contributed by atoms with Crippen LogP contribution in [-0.2, 0) is 9.59 Å². The van der Waals surface area contributed by atoms with Gasteiger partial charge in [0.1, 0.15) is 17.0 Å². The van der Waals surface area contributed by atoms with Crippen molar-refractivity contribution in [2.45, 2.75) is 17.1 Å². The Morgan fingerprint density at radius 3 is 2.27 bits per heavy atom. The average molecular weight is 627 g/mol. The molecule has 0 radical (unpaired) electrons. The van der Waals surface area contributed by atoms with Gasteiger partial charge in [0, 0.05) is 27.9 Å². The van der Waals surface area contributed by atoms with E-state index in [2.05, 4.69) is 16.0 Å².